The summed E-state index contributed by atoms with van der Waals surface area (Å²) in [6, 6.07) is 4.74. The van der Waals surface area contributed by atoms with Gasteiger partial charge in [0.15, 0.2) is 6.29 Å². The van der Waals surface area contributed by atoms with Crippen molar-refractivity contribution in [1.29, 1.82) is 0 Å². The van der Waals surface area contributed by atoms with Crippen LogP contribution in [0, 0.1) is 23.1 Å². The van der Waals surface area contributed by atoms with E-state index in [0.29, 0.717) is 11.8 Å². The van der Waals surface area contributed by atoms with Gasteiger partial charge in [-0.3, -0.25) is 0 Å². The molecule has 3 unspecified atom stereocenters. The summed E-state index contributed by atoms with van der Waals surface area (Å²) in [5.74, 6) is 1.18. The Morgan fingerprint density at radius 1 is 1.26 bits per heavy atom. The number of aromatic nitrogens is 2. The van der Waals surface area contributed by atoms with Gasteiger partial charge in [0, 0.05) is 23.7 Å². The second-order valence-electron chi connectivity index (χ2n) is 8.98. The molecular formula is C21H25FN2O2S. The summed E-state index contributed by atoms with van der Waals surface area (Å²) >= 11 is 1.83. The fourth-order valence-electron chi connectivity index (χ4n) is 6.47. The van der Waals surface area contributed by atoms with E-state index >= 15 is 0 Å². The van der Waals surface area contributed by atoms with Crippen molar-refractivity contribution in [3.05, 3.63) is 30.3 Å². The standard InChI is InChI=1S/C21H25FN2O2S/c1-26-18(25)10-20-6-13-4-14(7-20)9-21(8-13,11-20)27-19-16-5-15(22)2-3-17(16)23-12-24-19/h2-3,5,12-14,18,25H,4,6-11H2,1H3. The number of methoxy groups -OCH3 is 1. The van der Waals surface area contributed by atoms with E-state index < -0.39 is 6.29 Å². The van der Waals surface area contributed by atoms with Crippen molar-refractivity contribution in [1.82, 2.24) is 9.97 Å². The Morgan fingerprint density at radius 2 is 2.04 bits per heavy atom. The summed E-state index contributed by atoms with van der Waals surface area (Å²) in [6.45, 7) is 0. The Morgan fingerprint density at radius 3 is 2.78 bits per heavy atom. The van der Waals surface area contributed by atoms with Gasteiger partial charge >= 0.3 is 0 Å². The third-order valence-electron chi connectivity index (χ3n) is 6.88. The highest BCUT2D eigenvalue weighted by Crippen LogP contribution is 2.67. The number of hydrogen-bond acceptors (Lipinski definition) is 5. The Kier molecular flexibility index (Phi) is 4.22. The molecule has 144 valence electrons. The van der Waals surface area contributed by atoms with Crippen LogP contribution < -0.4 is 0 Å². The van der Waals surface area contributed by atoms with Crippen LogP contribution in [-0.2, 0) is 4.74 Å². The van der Waals surface area contributed by atoms with Crippen LogP contribution in [0.15, 0.2) is 29.6 Å². The minimum atomic E-state index is -0.683. The SMILES string of the molecule is COC(O)CC12CC3CC(C1)CC(Sc1ncnc4ccc(F)cc14)(C3)C2. The van der Waals surface area contributed by atoms with Gasteiger partial charge in [0.2, 0.25) is 0 Å². The van der Waals surface area contributed by atoms with E-state index in [1.165, 1.54) is 38.2 Å². The number of ether oxygens (including phenoxy) is 1. The first-order valence-electron chi connectivity index (χ1n) is 9.78. The lowest BCUT2D eigenvalue weighted by Crippen LogP contribution is -2.55. The molecule has 3 atom stereocenters. The number of aliphatic hydroxyl groups excluding tert-OH is 1. The molecular weight excluding hydrogens is 363 g/mol. The number of fused-ring (bicyclic) bond motifs is 1. The van der Waals surface area contributed by atoms with Gasteiger partial charge in [-0.05, 0) is 74.0 Å². The van der Waals surface area contributed by atoms with Crippen LogP contribution in [0.25, 0.3) is 10.9 Å². The van der Waals surface area contributed by atoms with Gasteiger partial charge in [-0.25, -0.2) is 14.4 Å². The summed E-state index contributed by atoms with van der Waals surface area (Å²) in [5, 5.41) is 11.9. The van der Waals surface area contributed by atoms with Crippen molar-refractivity contribution in [3.63, 3.8) is 0 Å². The van der Waals surface area contributed by atoms with Crippen molar-refractivity contribution in [3.8, 4) is 0 Å². The van der Waals surface area contributed by atoms with Gasteiger partial charge < -0.3 is 9.84 Å². The second-order valence-corrected chi connectivity index (χ2v) is 10.4. The minimum absolute atomic E-state index is 0.130. The van der Waals surface area contributed by atoms with E-state index in [4.69, 9.17) is 4.74 Å². The lowest BCUT2D eigenvalue weighted by Gasteiger charge is -2.62. The first-order valence-corrected chi connectivity index (χ1v) is 10.6. The molecule has 1 heterocycles. The maximum Gasteiger partial charge on any atom is 0.154 e. The molecule has 0 amide bonds. The van der Waals surface area contributed by atoms with E-state index in [-0.39, 0.29) is 16.0 Å². The van der Waals surface area contributed by atoms with E-state index in [1.54, 1.807) is 25.6 Å². The molecule has 4 bridgehead atoms. The molecule has 4 aliphatic carbocycles. The summed E-state index contributed by atoms with van der Waals surface area (Å²) in [4.78, 5) is 8.84. The number of halogens is 1. The molecule has 4 nitrogen and oxygen atoms in total. The molecule has 4 aliphatic rings. The molecule has 0 saturated heterocycles. The second kappa shape index (κ2) is 6.39. The van der Waals surface area contributed by atoms with Gasteiger partial charge in [0.05, 0.1) is 5.52 Å². The van der Waals surface area contributed by atoms with Crippen molar-refractivity contribution in [2.75, 3.05) is 7.11 Å². The topological polar surface area (TPSA) is 55.2 Å². The van der Waals surface area contributed by atoms with Gasteiger partial charge in [-0.1, -0.05) is 11.8 Å². The number of rotatable bonds is 5. The smallest absolute Gasteiger partial charge is 0.154 e. The maximum absolute atomic E-state index is 13.9. The van der Waals surface area contributed by atoms with Gasteiger partial charge in [-0.15, -0.1) is 0 Å². The molecule has 0 aliphatic heterocycles. The highest BCUT2D eigenvalue weighted by atomic mass is 32.2. The van der Waals surface area contributed by atoms with Crippen molar-refractivity contribution in [2.45, 2.75) is 61.0 Å². The molecule has 2 aromatic rings. The maximum atomic E-state index is 13.9. The largest absolute Gasteiger partial charge is 0.368 e. The summed E-state index contributed by atoms with van der Waals surface area (Å²) in [5.41, 5.74) is 0.962. The average molecular weight is 389 g/mol. The normalized spacial score (nSPS) is 35.7. The molecule has 1 N–H and O–H groups in total. The van der Waals surface area contributed by atoms with Crippen molar-refractivity contribution >= 4 is 22.7 Å². The van der Waals surface area contributed by atoms with Crippen LogP contribution in [0.5, 0.6) is 0 Å². The predicted molar refractivity (Wildman–Crippen MR) is 103 cm³/mol. The molecule has 0 radical (unpaired) electrons. The van der Waals surface area contributed by atoms with Crippen LogP contribution in [0.2, 0.25) is 0 Å². The van der Waals surface area contributed by atoms with Gasteiger partial charge in [0.1, 0.15) is 17.2 Å². The van der Waals surface area contributed by atoms with Crippen molar-refractivity contribution in [2.24, 2.45) is 17.3 Å². The molecule has 1 aromatic carbocycles. The molecule has 6 heteroatoms. The molecule has 6 rings (SSSR count). The Labute approximate surface area is 162 Å². The van der Waals surface area contributed by atoms with E-state index in [1.807, 2.05) is 11.8 Å². The molecule has 4 fully saturated rings. The van der Waals surface area contributed by atoms with Crippen LogP contribution in [0.3, 0.4) is 0 Å². The quantitative estimate of drug-likeness (QED) is 0.601. The van der Waals surface area contributed by atoms with E-state index in [2.05, 4.69) is 9.97 Å². The lowest BCUT2D eigenvalue weighted by molar-refractivity contribution is -0.136. The first kappa shape index (κ1) is 17.8. The molecule has 4 saturated carbocycles. The number of thioether (sulfide) groups is 1. The van der Waals surface area contributed by atoms with Crippen LogP contribution in [-0.4, -0.2) is 33.2 Å². The van der Waals surface area contributed by atoms with Crippen LogP contribution >= 0.6 is 11.8 Å². The molecule has 1 aromatic heterocycles. The minimum Gasteiger partial charge on any atom is -0.368 e. The number of aliphatic hydroxyl groups is 1. The van der Waals surface area contributed by atoms with Crippen LogP contribution in [0.1, 0.15) is 44.9 Å². The van der Waals surface area contributed by atoms with Crippen molar-refractivity contribution < 1.29 is 14.2 Å². The summed E-state index contributed by atoms with van der Waals surface area (Å²) in [6.07, 6.45) is 8.81. The van der Waals surface area contributed by atoms with Crippen LogP contribution in [0.4, 0.5) is 4.39 Å². The summed E-state index contributed by atoms with van der Waals surface area (Å²) < 4.78 is 19.2. The highest BCUT2D eigenvalue weighted by molar-refractivity contribution is 8.00. The summed E-state index contributed by atoms with van der Waals surface area (Å²) in [7, 11) is 1.58. The van der Waals surface area contributed by atoms with Gasteiger partial charge in [0.25, 0.3) is 0 Å². The lowest BCUT2D eigenvalue weighted by atomic mass is 9.48. The number of nitrogens with zero attached hydrogens (tertiary/aromatic N) is 2. The fourth-order valence-corrected chi connectivity index (χ4v) is 8.27. The third kappa shape index (κ3) is 3.15. The first-order chi connectivity index (χ1) is 13.0. The molecule has 27 heavy (non-hydrogen) atoms. The average Bonchev–Trinajstić information content (AvgIpc) is 2.60. The number of benzene rings is 1. The zero-order chi connectivity index (χ0) is 18.6. The monoisotopic (exact) mass is 388 g/mol. The highest BCUT2D eigenvalue weighted by Gasteiger charge is 2.58. The number of hydrogen-bond donors (Lipinski definition) is 1. The zero-order valence-corrected chi connectivity index (χ0v) is 16.3. The Balaban J connectivity index is 1.49. The van der Waals surface area contributed by atoms with Gasteiger partial charge in [-0.2, -0.15) is 0 Å². The zero-order valence-electron chi connectivity index (χ0n) is 15.5. The Bertz CT molecular complexity index is 862. The molecule has 0 spiro atoms. The fraction of sp³-hybridized carbons (Fsp3) is 0.619. The third-order valence-corrected chi connectivity index (χ3v) is 8.31. The van der Waals surface area contributed by atoms with E-state index in [0.717, 1.165) is 28.8 Å². The van der Waals surface area contributed by atoms with E-state index in [9.17, 15) is 9.50 Å². The predicted octanol–water partition coefficient (Wildman–Crippen LogP) is 4.55. The Hall–Kier alpha value is -1.24.